The van der Waals surface area contributed by atoms with Gasteiger partial charge in [0.2, 0.25) is 5.91 Å². The number of amides is 2. The van der Waals surface area contributed by atoms with E-state index in [1.165, 1.54) is 24.3 Å². The summed E-state index contributed by atoms with van der Waals surface area (Å²) in [5, 5.41) is 14.1. The van der Waals surface area contributed by atoms with Crippen molar-refractivity contribution in [3.63, 3.8) is 0 Å². The molecule has 0 aliphatic heterocycles. The number of nitrogens with one attached hydrogen (secondary N) is 2. The van der Waals surface area contributed by atoms with Crippen molar-refractivity contribution in [1.29, 1.82) is 0 Å². The topological polar surface area (TPSA) is 105 Å². The number of hydrogen-bond donors (Lipinski definition) is 3. The predicted molar refractivity (Wildman–Crippen MR) is 127 cm³/mol. The number of aromatic carboxylic acids is 1. The average Bonchev–Trinajstić information content (AvgIpc) is 3.16. The van der Waals surface area contributed by atoms with Crippen molar-refractivity contribution in [3.8, 4) is 23.5 Å². The van der Waals surface area contributed by atoms with Crippen LogP contribution in [0.2, 0.25) is 0 Å². The Morgan fingerprint density at radius 1 is 0.941 bits per heavy atom. The van der Waals surface area contributed by atoms with Gasteiger partial charge in [-0.1, -0.05) is 48.5 Å². The summed E-state index contributed by atoms with van der Waals surface area (Å²) >= 11 is 0. The molecule has 34 heavy (non-hydrogen) atoms. The largest absolute Gasteiger partial charge is 0.478 e. The molecule has 1 unspecified atom stereocenters. The number of terminal acetylenes is 1. The van der Waals surface area contributed by atoms with Gasteiger partial charge in [0, 0.05) is 18.0 Å². The molecule has 170 valence electrons. The van der Waals surface area contributed by atoms with Crippen LogP contribution in [-0.4, -0.2) is 35.7 Å². The van der Waals surface area contributed by atoms with E-state index in [-0.39, 0.29) is 24.5 Å². The number of hydrogen-bond acceptors (Lipinski definition) is 4. The fourth-order valence-electron chi connectivity index (χ4n) is 4.03. The van der Waals surface area contributed by atoms with Crippen molar-refractivity contribution in [2.45, 2.75) is 18.4 Å². The first-order valence-electron chi connectivity index (χ1n) is 10.7. The lowest BCUT2D eigenvalue weighted by atomic mass is 9.98. The number of benzene rings is 3. The van der Waals surface area contributed by atoms with Crippen molar-refractivity contribution in [3.05, 3.63) is 89.5 Å². The first-order chi connectivity index (χ1) is 16.5. The molecule has 0 radical (unpaired) electrons. The number of carbonyl (C=O) groups is 3. The molecule has 1 aliphatic carbocycles. The van der Waals surface area contributed by atoms with E-state index in [1.54, 1.807) is 0 Å². The normalized spacial score (nSPS) is 12.6. The Bertz CT molecular complexity index is 1230. The molecule has 2 amide bonds. The maximum absolute atomic E-state index is 12.7. The third-order valence-electron chi connectivity index (χ3n) is 5.67. The number of fused-ring (bicyclic) bond motifs is 3. The smallest absolute Gasteiger partial charge is 0.407 e. The Labute approximate surface area is 196 Å². The molecule has 0 heterocycles. The molecule has 3 N–H and O–H groups in total. The highest BCUT2D eigenvalue weighted by Gasteiger charge is 2.29. The molecular formula is C27H22N2O5. The second kappa shape index (κ2) is 9.92. The molecule has 0 bridgehead atoms. The maximum atomic E-state index is 12.7. The van der Waals surface area contributed by atoms with Gasteiger partial charge in [-0.2, -0.15) is 0 Å². The second-order valence-electron chi connectivity index (χ2n) is 7.80. The Morgan fingerprint density at radius 3 is 2.09 bits per heavy atom. The molecule has 7 heteroatoms. The van der Waals surface area contributed by atoms with Gasteiger partial charge >= 0.3 is 12.1 Å². The monoisotopic (exact) mass is 454 g/mol. The van der Waals surface area contributed by atoms with E-state index in [1.807, 2.05) is 48.5 Å². The molecule has 3 aromatic rings. The maximum Gasteiger partial charge on any atom is 0.407 e. The standard InChI is InChI=1S/C27H22N2O5/c1-2-7-24(25(30)28-18-14-12-17(13-15-18)26(31)32)29-27(33)34-16-23-21-10-5-3-8-19(21)20-9-4-6-11-22(20)23/h1,3-6,8-15,23-24H,7,16H2,(H,28,30)(H,29,33)(H,31,32). The number of alkyl carbamates (subject to hydrolysis) is 1. The van der Waals surface area contributed by atoms with E-state index in [0.717, 1.165) is 22.3 Å². The lowest BCUT2D eigenvalue weighted by Crippen LogP contribution is -2.44. The predicted octanol–water partition coefficient (Wildman–Crippen LogP) is 4.25. The Morgan fingerprint density at radius 2 is 1.53 bits per heavy atom. The van der Waals surface area contributed by atoms with E-state index >= 15 is 0 Å². The Balaban J connectivity index is 1.39. The summed E-state index contributed by atoms with van der Waals surface area (Å²) < 4.78 is 5.50. The molecule has 1 aliphatic rings. The molecule has 0 saturated carbocycles. The first-order valence-corrected chi connectivity index (χ1v) is 10.7. The minimum absolute atomic E-state index is 0.0385. The van der Waals surface area contributed by atoms with E-state index in [9.17, 15) is 14.4 Å². The zero-order valence-electron chi connectivity index (χ0n) is 18.2. The summed E-state index contributed by atoms with van der Waals surface area (Å²) in [6, 6.07) is 20.6. The van der Waals surface area contributed by atoms with Crippen LogP contribution in [0.25, 0.3) is 11.1 Å². The Kier molecular flexibility index (Phi) is 6.60. The van der Waals surface area contributed by atoms with Gasteiger partial charge in [0.05, 0.1) is 5.56 Å². The van der Waals surface area contributed by atoms with Crippen LogP contribution in [0.4, 0.5) is 10.5 Å². The summed E-state index contributed by atoms with van der Waals surface area (Å²) in [5.41, 5.74) is 4.87. The SMILES string of the molecule is C#CCC(NC(=O)OCC1c2ccccc2-c2ccccc21)C(=O)Nc1ccc(C(=O)O)cc1. The van der Waals surface area contributed by atoms with Gasteiger partial charge in [-0.25, -0.2) is 9.59 Å². The second-order valence-corrected chi connectivity index (χ2v) is 7.80. The van der Waals surface area contributed by atoms with Crippen LogP contribution in [0.15, 0.2) is 72.8 Å². The average molecular weight is 454 g/mol. The lowest BCUT2D eigenvalue weighted by molar-refractivity contribution is -0.118. The molecule has 3 aromatic carbocycles. The number of carboxylic acid groups (broad SMARTS) is 1. The highest BCUT2D eigenvalue weighted by atomic mass is 16.5. The van der Waals surface area contributed by atoms with Gasteiger partial charge in [0.25, 0.3) is 0 Å². The van der Waals surface area contributed by atoms with Crippen LogP contribution in [0, 0.1) is 12.3 Å². The van der Waals surface area contributed by atoms with Crippen LogP contribution in [0.3, 0.4) is 0 Å². The van der Waals surface area contributed by atoms with Crippen LogP contribution in [-0.2, 0) is 9.53 Å². The van der Waals surface area contributed by atoms with Crippen molar-refractivity contribution in [2.75, 3.05) is 11.9 Å². The summed E-state index contributed by atoms with van der Waals surface area (Å²) in [5.74, 6) is 0.670. The lowest BCUT2D eigenvalue weighted by Gasteiger charge is -2.18. The van der Waals surface area contributed by atoms with Gasteiger partial charge in [-0.15, -0.1) is 12.3 Å². The van der Waals surface area contributed by atoms with Crippen molar-refractivity contribution in [2.24, 2.45) is 0 Å². The van der Waals surface area contributed by atoms with E-state index < -0.39 is 24.0 Å². The molecule has 4 rings (SSSR count). The molecule has 0 fully saturated rings. The minimum Gasteiger partial charge on any atom is -0.478 e. The van der Waals surface area contributed by atoms with Gasteiger partial charge in [0.1, 0.15) is 12.6 Å². The minimum atomic E-state index is -1.07. The summed E-state index contributed by atoms with van der Waals surface area (Å²) in [7, 11) is 0. The molecule has 7 nitrogen and oxygen atoms in total. The molecule has 0 spiro atoms. The number of ether oxygens (including phenoxy) is 1. The van der Waals surface area contributed by atoms with Crippen molar-refractivity contribution < 1.29 is 24.2 Å². The Hall–Kier alpha value is -4.57. The van der Waals surface area contributed by atoms with Gasteiger partial charge < -0.3 is 20.5 Å². The summed E-state index contributed by atoms with van der Waals surface area (Å²) in [4.78, 5) is 36.2. The van der Waals surface area contributed by atoms with E-state index in [0.29, 0.717) is 5.69 Å². The fraction of sp³-hybridized carbons (Fsp3) is 0.148. The van der Waals surface area contributed by atoms with Gasteiger partial charge in [-0.3, -0.25) is 4.79 Å². The van der Waals surface area contributed by atoms with Crippen LogP contribution >= 0.6 is 0 Å². The van der Waals surface area contributed by atoms with Gasteiger partial charge in [0.15, 0.2) is 0 Å². The molecule has 0 aromatic heterocycles. The first kappa shape index (κ1) is 22.6. The fourth-order valence-corrected chi connectivity index (χ4v) is 4.03. The summed E-state index contributed by atoms with van der Waals surface area (Å²) in [6.45, 7) is 0.112. The van der Waals surface area contributed by atoms with E-state index in [4.69, 9.17) is 16.3 Å². The highest BCUT2D eigenvalue weighted by Crippen LogP contribution is 2.44. The van der Waals surface area contributed by atoms with Crippen LogP contribution < -0.4 is 10.6 Å². The van der Waals surface area contributed by atoms with Crippen LogP contribution in [0.5, 0.6) is 0 Å². The van der Waals surface area contributed by atoms with Crippen molar-refractivity contribution >= 4 is 23.7 Å². The van der Waals surface area contributed by atoms with Gasteiger partial charge in [-0.05, 0) is 46.5 Å². The van der Waals surface area contributed by atoms with Crippen LogP contribution in [0.1, 0.15) is 33.8 Å². The van der Waals surface area contributed by atoms with Crippen molar-refractivity contribution in [1.82, 2.24) is 5.32 Å². The molecule has 0 saturated heterocycles. The number of anilines is 1. The third-order valence-corrected chi connectivity index (χ3v) is 5.67. The summed E-state index contributed by atoms with van der Waals surface area (Å²) in [6.07, 6.45) is 4.59. The number of rotatable bonds is 7. The number of carbonyl (C=O) groups excluding carboxylic acids is 2. The quantitative estimate of drug-likeness (QED) is 0.463. The highest BCUT2D eigenvalue weighted by molar-refractivity contribution is 5.97. The molecular weight excluding hydrogens is 432 g/mol. The molecule has 1 atom stereocenters. The zero-order chi connectivity index (χ0) is 24.1. The zero-order valence-corrected chi connectivity index (χ0v) is 18.2. The van der Waals surface area contributed by atoms with E-state index in [2.05, 4.69) is 16.6 Å². The number of carboxylic acids is 1. The third kappa shape index (κ3) is 4.76.